The van der Waals surface area contributed by atoms with Crippen molar-refractivity contribution in [2.75, 3.05) is 19.6 Å². The second-order valence-corrected chi connectivity index (χ2v) is 6.29. The number of likely N-dealkylation sites (tertiary alicyclic amines) is 1. The van der Waals surface area contributed by atoms with E-state index in [-0.39, 0.29) is 12.2 Å². The van der Waals surface area contributed by atoms with Crippen molar-refractivity contribution in [1.29, 1.82) is 5.26 Å². The number of nitrogens with zero attached hydrogens (tertiary/aromatic N) is 2. The predicted molar refractivity (Wildman–Crippen MR) is 95.5 cm³/mol. The van der Waals surface area contributed by atoms with E-state index < -0.39 is 0 Å². The average molecular weight is 320 g/mol. The quantitative estimate of drug-likeness (QED) is 0.801. The van der Waals surface area contributed by atoms with Crippen molar-refractivity contribution in [3.8, 4) is 6.07 Å². The number of hydrogen-bond acceptors (Lipinski definition) is 3. The molecule has 24 heavy (non-hydrogen) atoms. The molecule has 0 bridgehead atoms. The third-order valence-electron chi connectivity index (χ3n) is 4.61. The second kappa shape index (κ2) is 8.63. The van der Waals surface area contributed by atoms with Crippen LogP contribution in [0.25, 0.3) is 0 Å². The molecule has 2 aromatic carbocycles. The normalized spacial score (nSPS) is 16.2. The van der Waals surface area contributed by atoms with Crippen molar-refractivity contribution in [3.05, 3.63) is 71.8 Å². The Kier molecular flexibility index (Phi) is 6.01. The molecule has 0 aromatic heterocycles. The summed E-state index contributed by atoms with van der Waals surface area (Å²) in [5.41, 5.74) is 2.41. The molecule has 0 spiro atoms. The van der Waals surface area contributed by atoms with Crippen LogP contribution in [0.1, 0.15) is 36.5 Å². The lowest BCUT2D eigenvalue weighted by Gasteiger charge is -2.33. The smallest absolute Gasteiger partial charge is 0.108 e. The molecular weight excluding hydrogens is 296 g/mol. The molecule has 124 valence electrons. The number of rotatable bonds is 6. The molecule has 0 N–H and O–H groups in total. The fourth-order valence-electron chi connectivity index (χ4n) is 3.27. The second-order valence-electron chi connectivity index (χ2n) is 6.29. The van der Waals surface area contributed by atoms with Gasteiger partial charge in [-0.2, -0.15) is 5.26 Å². The van der Waals surface area contributed by atoms with Gasteiger partial charge in [-0.1, -0.05) is 60.7 Å². The van der Waals surface area contributed by atoms with Crippen LogP contribution in [0.3, 0.4) is 0 Å². The molecular formula is C21H24N2O. The van der Waals surface area contributed by atoms with Crippen LogP contribution in [0.4, 0.5) is 0 Å². The van der Waals surface area contributed by atoms with Crippen LogP contribution >= 0.6 is 0 Å². The predicted octanol–water partition coefficient (Wildman–Crippen LogP) is 4.17. The van der Waals surface area contributed by atoms with Crippen molar-refractivity contribution in [2.45, 2.75) is 31.5 Å². The summed E-state index contributed by atoms with van der Waals surface area (Å²) in [7, 11) is 0. The van der Waals surface area contributed by atoms with E-state index in [0.717, 1.165) is 32.5 Å². The first-order chi connectivity index (χ1) is 11.9. The summed E-state index contributed by atoms with van der Waals surface area (Å²) < 4.78 is 6.52. The molecule has 0 atom stereocenters. The molecule has 3 rings (SSSR count). The van der Waals surface area contributed by atoms with Crippen LogP contribution < -0.4 is 0 Å². The van der Waals surface area contributed by atoms with Gasteiger partial charge < -0.3 is 9.64 Å². The van der Waals surface area contributed by atoms with Gasteiger partial charge in [-0.15, -0.1) is 0 Å². The molecule has 0 unspecified atom stereocenters. The number of nitriles is 1. The zero-order chi connectivity index (χ0) is 16.6. The summed E-state index contributed by atoms with van der Waals surface area (Å²) in [6.45, 7) is 2.91. The minimum atomic E-state index is -0.0111. The first-order valence-electron chi connectivity index (χ1n) is 8.71. The Morgan fingerprint density at radius 1 is 0.958 bits per heavy atom. The van der Waals surface area contributed by atoms with Crippen LogP contribution in [-0.4, -0.2) is 30.6 Å². The van der Waals surface area contributed by atoms with E-state index in [2.05, 4.69) is 59.5 Å². The summed E-state index contributed by atoms with van der Waals surface area (Å²) >= 11 is 0. The Balaban J connectivity index is 1.67. The van der Waals surface area contributed by atoms with Crippen molar-refractivity contribution in [3.63, 3.8) is 0 Å². The van der Waals surface area contributed by atoms with Gasteiger partial charge in [0.05, 0.1) is 12.2 Å². The van der Waals surface area contributed by atoms with E-state index in [4.69, 9.17) is 10.00 Å². The molecule has 1 heterocycles. The van der Waals surface area contributed by atoms with E-state index in [1.165, 1.54) is 11.1 Å². The van der Waals surface area contributed by atoms with Crippen molar-refractivity contribution >= 4 is 0 Å². The maximum Gasteiger partial charge on any atom is 0.108 e. The van der Waals surface area contributed by atoms with Crippen molar-refractivity contribution < 1.29 is 4.74 Å². The van der Waals surface area contributed by atoms with Gasteiger partial charge in [-0.25, -0.2) is 0 Å². The number of piperidine rings is 1. The molecule has 1 saturated heterocycles. The summed E-state index contributed by atoms with van der Waals surface area (Å²) in [6, 6.07) is 23.1. The minimum Gasteiger partial charge on any atom is -0.365 e. The molecule has 0 amide bonds. The van der Waals surface area contributed by atoms with Crippen molar-refractivity contribution in [2.24, 2.45) is 0 Å². The van der Waals surface area contributed by atoms with Gasteiger partial charge in [0, 0.05) is 26.1 Å². The highest BCUT2D eigenvalue weighted by molar-refractivity contribution is 5.30. The Morgan fingerprint density at radius 2 is 1.50 bits per heavy atom. The molecule has 2 aromatic rings. The summed E-state index contributed by atoms with van der Waals surface area (Å²) in [4.78, 5) is 2.36. The van der Waals surface area contributed by atoms with Gasteiger partial charge in [-0.05, 0) is 24.0 Å². The van der Waals surface area contributed by atoms with Gasteiger partial charge in [0.1, 0.15) is 6.10 Å². The maximum atomic E-state index is 8.72. The van der Waals surface area contributed by atoms with Gasteiger partial charge in [0.2, 0.25) is 0 Å². The fourth-order valence-corrected chi connectivity index (χ4v) is 3.27. The molecule has 0 radical (unpaired) electrons. The monoisotopic (exact) mass is 320 g/mol. The van der Waals surface area contributed by atoms with Crippen molar-refractivity contribution in [1.82, 2.24) is 4.90 Å². The first kappa shape index (κ1) is 16.7. The Bertz CT molecular complexity index is 603. The summed E-state index contributed by atoms with van der Waals surface area (Å²) in [5.74, 6) is 0. The lowest BCUT2D eigenvalue weighted by molar-refractivity contribution is -0.0266. The summed E-state index contributed by atoms with van der Waals surface area (Å²) in [6.07, 6.45) is 2.93. The van der Waals surface area contributed by atoms with Gasteiger partial charge in [0.15, 0.2) is 0 Å². The highest BCUT2D eigenvalue weighted by Gasteiger charge is 2.24. The lowest BCUT2D eigenvalue weighted by Crippen LogP contribution is -2.38. The fraction of sp³-hybridized carbons (Fsp3) is 0.381. The molecule has 1 aliphatic rings. The number of hydrogen-bond donors (Lipinski definition) is 0. The molecule has 0 saturated carbocycles. The van der Waals surface area contributed by atoms with E-state index in [0.29, 0.717) is 6.42 Å². The van der Waals surface area contributed by atoms with Gasteiger partial charge in [-0.3, -0.25) is 0 Å². The van der Waals surface area contributed by atoms with E-state index in [1.54, 1.807) is 0 Å². The number of ether oxygens (including phenoxy) is 1. The molecule has 3 nitrogen and oxygen atoms in total. The van der Waals surface area contributed by atoms with Crippen LogP contribution in [-0.2, 0) is 4.74 Å². The van der Waals surface area contributed by atoms with Crippen LogP contribution in [0.2, 0.25) is 0 Å². The Labute approximate surface area is 144 Å². The zero-order valence-corrected chi connectivity index (χ0v) is 14.0. The van der Waals surface area contributed by atoms with Crippen LogP contribution in [0.15, 0.2) is 60.7 Å². The summed E-state index contributed by atoms with van der Waals surface area (Å²) in [5, 5.41) is 8.72. The lowest BCUT2D eigenvalue weighted by atomic mass is 10.00. The topological polar surface area (TPSA) is 36.3 Å². The highest BCUT2D eigenvalue weighted by Crippen LogP contribution is 2.29. The zero-order valence-electron chi connectivity index (χ0n) is 14.0. The third kappa shape index (κ3) is 4.44. The third-order valence-corrected chi connectivity index (χ3v) is 4.61. The standard InChI is InChI=1S/C21H24N2O/c22-14-7-15-23-16-12-20(13-17-23)24-21(18-8-3-1-4-9-18)19-10-5-2-6-11-19/h1-6,8-11,20-21H,7,12-13,15-17H2. The van der Waals surface area contributed by atoms with E-state index >= 15 is 0 Å². The molecule has 1 fully saturated rings. The molecule has 0 aliphatic carbocycles. The maximum absolute atomic E-state index is 8.72. The Hall–Kier alpha value is -2.15. The SMILES string of the molecule is N#CCCN1CCC(OC(c2ccccc2)c2ccccc2)CC1. The highest BCUT2D eigenvalue weighted by atomic mass is 16.5. The first-order valence-corrected chi connectivity index (χ1v) is 8.71. The molecule has 3 heteroatoms. The van der Waals surface area contributed by atoms with E-state index in [1.807, 2.05) is 12.1 Å². The largest absolute Gasteiger partial charge is 0.365 e. The van der Waals surface area contributed by atoms with Crippen LogP contribution in [0.5, 0.6) is 0 Å². The molecule has 1 aliphatic heterocycles. The Morgan fingerprint density at radius 3 is 2.00 bits per heavy atom. The number of benzene rings is 2. The van der Waals surface area contributed by atoms with Crippen LogP contribution in [0, 0.1) is 11.3 Å². The van der Waals surface area contributed by atoms with E-state index in [9.17, 15) is 0 Å². The average Bonchev–Trinajstić information content (AvgIpc) is 2.67. The van der Waals surface area contributed by atoms with Gasteiger partial charge in [0.25, 0.3) is 0 Å². The van der Waals surface area contributed by atoms with Gasteiger partial charge >= 0.3 is 0 Å². The minimum absolute atomic E-state index is 0.0111.